The summed E-state index contributed by atoms with van der Waals surface area (Å²) in [4.78, 5) is 39.5. The van der Waals surface area contributed by atoms with E-state index >= 15 is 0 Å². The monoisotopic (exact) mass is 600 g/mol. The number of imidazole rings is 2. The lowest BCUT2D eigenvalue weighted by molar-refractivity contribution is 0.0686. The first kappa shape index (κ1) is 28.1. The number of carbonyl (C=O) groups is 2. The number of nitrogens with one attached hydrogen (secondary N) is 2. The Morgan fingerprint density at radius 1 is 0.500 bits per heavy atom. The average Bonchev–Trinajstić information content (AvgIpc) is 3.76. The fraction of sp³-hybridized carbons (Fsp3) is 0. The Bertz CT molecular complexity index is 2010. The Labute approximate surface area is 263 Å². The molecule has 0 spiro atoms. The highest BCUT2D eigenvalue weighted by molar-refractivity contribution is 5.90. The molecule has 0 unspecified atom stereocenters. The summed E-state index contributed by atoms with van der Waals surface area (Å²) in [5.74, 6) is -0.737. The Morgan fingerprint density at radius 3 is 1.39 bits per heavy atom. The molecule has 8 nitrogen and oxygen atoms in total. The van der Waals surface area contributed by atoms with Gasteiger partial charge in [-0.05, 0) is 42.5 Å². The van der Waals surface area contributed by atoms with Crippen molar-refractivity contribution in [1.82, 2.24) is 19.9 Å². The fourth-order valence-electron chi connectivity index (χ4n) is 5.29. The molecule has 0 bridgehead atoms. The third kappa shape index (κ3) is 5.41. The van der Waals surface area contributed by atoms with E-state index in [1.165, 1.54) is 0 Å². The maximum Gasteiger partial charge on any atom is 0.335 e. The number of aromatic amines is 2. The van der Waals surface area contributed by atoms with Crippen LogP contribution in [0.1, 0.15) is 20.7 Å². The van der Waals surface area contributed by atoms with E-state index in [0.29, 0.717) is 11.6 Å². The number of aromatic carboxylic acids is 2. The molecule has 4 N–H and O–H groups in total. The van der Waals surface area contributed by atoms with E-state index in [9.17, 15) is 19.8 Å². The van der Waals surface area contributed by atoms with Crippen LogP contribution in [-0.4, -0.2) is 42.1 Å². The van der Waals surface area contributed by atoms with Gasteiger partial charge in [-0.15, -0.1) is 0 Å². The van der Waals surface area contributed by atoms with Crippen LogP contribution in [0, 0.1) is 12.1 Å². The molecule has 7 rings (SSSR count). The Morgan fingerprint density at radius 2 is 0.957 bits per heavy atom. The maximum absolute atomic E-state index is 11.4. The Kier molecular flexibility index (Phi) is 7.17. The van der Waals surface area contributed by atoms with Crippen LogP contribution in [0.2, 0.25) is 0 Å². The van der Waals surface area contributed by atoms with Crippen molar-refractivity contribution in [1.29, 1.82) is 0 Å². The van der Waals surface area contributed by atoms with Gasteiger partial charge in [-0.3, -0.25) is 0 Å². The van der Waals surface area contributed by atoms with Gasteiger partial charge >= 0.3 is 11.9 Å². The number of hydrogen-bond donors (Lipinski definition) is 4. The van der Waals surface area contributed by atoms with Gasteiger partial charge in [0.15, 0.2) is 0 Å². The van der Waals surface area contributed by atoms with Crippen LogP contribution in [0.15, 0.2) is 121 Å². The minimum absolute atomic E-state index is 0.202. The van der Waals surface area contributed by atoms with Gasteiger partial charge < -0.3 is 20.2 Å². The van der Waals surface area contributed by atoms with Crippen LogP contribution in [0.3, 0.4) is 0 Å². The second-order valence-electron chi connectivity index (χ2n) is 10.5. The number of nitrogens with zero attached hydrogens (tertiary/aromatic N) is 2. The van der Waals surface area contributed by atoms with Crippen LogP contribution in [0.25, 0.3) is 67.8 Å². The van der Waals surface area contributed by atoms with E-state index in [1.54, 1.807) is 54.6 Å². The molecule has 8 heteroatoms. The number of carboxylic acid groups (broad SMARTS) is 2. The predicted molar refractivity (Wildman–Crippen MR) is 175 cm³/mol. The second kappa shape index (κ2) is 11.8. The highest BCUT2D eigenvalue weighted by atomic mass is 16.4. The molecule has 0 radical (unpaired) electrons. The van der Waals surface area contributed by atoms with Crippen molar-refractivity contribution >= 4 is 11.9 Å². The zero-order valence-electron chi connectivity index (χ0n) is 24.2. The number of rotatable bonds is 8. The molecular weight excluding hydrogens is 576 g/mol. The van der Waals surface area contributed by atoms with E-state index in [1.807, 2.05) is 66.7 Å². The Hall–Kier alpha value is -6.72. The normalized spacial score (nSPS) is 10.8. The van der Waals surface area contributed by atoms with Crippen LogP contribution < -0.4 is 0 Å². The van der Waals surface area contributed by atoms with Gasteiger partial charge in [0.05, 0.1) is 33.9 Å². The SMILES string of the molecule is O=C(O)c1ccc(-c2nc(-c3ccc(-c4nc(-c5ccc(C(=O)O)cc5)[nH]c4-c4ccccc4)cc3)c(-c3cc#ccc3)[nH]2)cc1. The van der Waals surface area contributed by atoms with Crippen molar-refractivity contribution in [2.24, 2.45) is 0 Å². The lowest BCUT2D eigenvalue weighted by Crippen LogP contribution is -1.95. The molecule has 0 amide bonds. The molecule has 0 aliphatic rings. The molecule has 46 heavy (non-hydrogen) atoms. The number of carboxylic acids is 2. The van der Waals surface area contributed by atoms with Crippen LogP contribution in [0.4, 0.5) is 0 Å². The topological polar surface area (TPSA) is 132 Å². The summed E-state index contributed by atoms with van der Waals surface area (Å²) in [7, 11) is 0. The highest BCUT2D eigenvalue weighted by Gasteiger charge is 2.19. The largest absolute Gasteiger partial charge is 0.478 e. The van der Waals surface area contributed by atoms with Gasteiger partial charge in [0.2, 0.25) is 0 Å². The molecule has 0 aliphatic heterocycles. The number of aromatic nitrogens is 4. The zero-order chi connectivity index (χ0) is 31.6. The van der Waals surface area contributed by atoms with Crippen molar-refractivity contribution in [3.8, 4) is 67.8 Å². The van der Waals surface area contributed by atoms with Gasteiger partial charge in [-0.25, -0.2) is 19.6 Å². The number of hydrogen-bond acceptors (Lipinski definition) is 4. The smallest absolute Gasteiger partial charge is 0.335 e. The summed E-state index contributed by atoms with van der Waals surface area (Å²) >= 11 is 0. The first-order valence-corrected chi connectivity index (χ1v) is 14.4. The van der Waals surface area contributed by atoms with Gasteiger partial charge in [0, 0.05) is 33.4 Å². The summed E-state index contributed by atoms with van der Waals surface area (Å²) < 4.78 is 0. The van der Waals surface area contributed by atoms with Crippen molar-refractivity contribution in [2.45, 2.75) is 0 Å². The first-order chi connectivity index (χ1) is 22.4. The summed E-state index contributed by atoms with van der Waals surface area (Å²) in [6.45, 7) is 0. The molecule has 220 valence electrons. The van der Waals surface area contributed by atoms with Gasteiger partial charge in [0.1, 0.15) is 11.6 Å². The molecule has 0 fully saturated rings. The molecule has 2 aromatic heterocycles. The molecule has 5 aromatic carbocycles. The van der Waals surface area contributed by atoms with Gasteiger partial charge in [-0.2, -0.15) is 0 Å². The first-order valence-electron chi connectivity index (χ1n) is 14.4. The molecule has 0 atom stereocenters. The summed E-state index contributed by atoms with van der Waals surface area (Å²) in [5.41, 5.74) is 8.67. The van der Waals surface area contributed by atoms with Gasteiger partial charge in [-0.1, -0.05) is 91.0 Å². The van der Waals surface area contributed by atoms with Crippen LogP contribution in [0.5, 0.6) is 0 Å². The molecule has 0 aliphatic carbocycles. The van der Waals surface area contributed by atoms with Crippen molar-refractivity contribution in [2.75, 3.05) is 0 Å². The van der Waals surface area contributed by atoms with Crippen molar-refractivity contribution in [3.05, 3.63) is 145 Å². The number of H-pyrrole nitrogens is 2. The molecular formula is C38H24N4O4. The zero-order valence-corrected chi connectivity index (χ0v) is 24.2. The van der Waals surface area contributed by atoms with E-state index in [4.69, 9.17) is 9.97 Å². The second-order valence-corrected chi connectivity index (χ2v) is 10.5. The van der Waals surface area contributed by atoms with Crippen LogP contribution in [-0.2, 0) is 0 Å². The van der Waals surface area contributed by atoms with E-state index in [2.05, 4.69) is 22.1 Å². The van der Waals surface area contributed by atoms with Crippen LogP contribution >= 0.6 is 0 Å². The minimum atomic E-state index is -0.987. The summed E-state index contributed by atoms with van der Waals surface area (Å²) in [6, 6.07) is 42.6. The standard InChI is InChI=1S/C38H24N4O4/c43-37(44)29-19-15-27(16-20-29)35-39-31(23-7-3-1-4-8-23)33(41-35)25-11-13-26(14-12-25)34-32(24-9-5-2-6-10-24)40-36(42-34)28-17-21-30(22-18-28)38(45)46/h1,3-5,7-22H,(H,39,41)(H,40,42)(H,43,44)(H,45,46). The molecule has 0 saturated carbocycles. The van der Waals surface area contributed by atoms with Crippen molar-refractivity contribution in [3.63, 3.8) is 0 Å². The number of benzene rings is 4. The summed E-state index contributed by atoms with van der Waals surface area (Å²) in [6.07, 6.45) is 0. The minimum Gasteiger partial charge on any atom is -0.478 e. The third-order valence-electron chi connectivity index (χ3n) is 7.66. The Balaban J connectivity index is 1.29. The lowest BCUT2D eigenvalue weighted by atomic mass is 10.0. The van der Waals surface area contributed by atoms with Gasteiger partial charge in [0.25, 0.3) is 0 Å². The summed E-state index contributed by atoms with van der Waals surface area (Å²) in [5, 5.41) is 18.6. The highest BCUT2D eigenvalue weighted by Crippen LogP contribution is 2.36. The predicted octanol–water partition coefficient (Wildman–Crippen LogP) is 8.13. The molecule has 7 aromatic rings. The van der Waals surface area contributed by atoms with E-state index < -0.39 is 11.9 Å². The quantitative estimate of drug-likeness (QED) is 0.139. The van der Waals surface area contributed by atoms with E-state index in [0.717, 1.165) is 56.2 Å². The van der Waals surface area contributed by atoms with E-state index in [-0.39, 0.29) is 11.1 Å². The molecule has 2 heterocycles. The van der Waals surface area contributed by atoms with Crippen molar-refractivity contribution < 1.29 is 19.8 Å². The average molecular weight is 601 g/mol. The maximum atomic E-state index is 11.4. The third-order valence-corrected chi connectivity index (χ3v) is 7.66. The lowest BCUT2D eigenvalue weighted by Gasteiger charge is -2.06. The molecule has 0 saturated heterocycles. The fourth-order valence-corrected chi connectivity index (χ4v) is 5.29.